The third-order valence-electron chi connectivity index (χ3n) is 2.75. The van der Waals surface area contributed by atoms with Crippen LogP contribution in [0.5, 0.6) is 5.75 Å². The predicted octanol–water partition coefficient (Wildman–Crippen LogP) is 1.54. The van der Waals surface area contributed by atoms with Crippen LogP contribution < -0.4 is 0 Å². The summed E-state index contributed by atoms with van der Waals surface area (Å²) in [6.45, 7) is 1.34. The molecular weight excluding hydrogens is 224 g/mol. The fourth-order valence-electron chi connectivity index (χ4n) is 1.93. The highest BCUT2D eigenvalue weighted by Crippen LogP contribution is 2.23. The van der Waals surface area contributed by atoms with Gasteiger partial charge in [0.2, 0.25) is 0 Å². The van der Waals surface area contributed by atoms with Crippen LogP contribution in [0.15, 0.2) is 18.2 Å². The van der Waals surface area contributed by atoms with Crippen LogP contribution in [0, 0.1) is 10.1 Å². The number of nitrogens with zero attached hydrogens (tertiary/aromatic N) is 2. The van der Waals surface area contributed by atoms with Gasteiger partial charge >= 0.3 is 0 Å². The van der Waals surface area contributed by atoms with Gasteiger partial charge in [0.1, 0.15) is 5.75 Å². The number of amides is 1. The van der Waals surface area contributed by atoms with E-state index in [9.17, 15) is 20.0 Å². The molecule has 0 aliphatic carbocycles. The second kappa shape index (κ2) is 4.40. The zero-order valence-corrected chi connectivity index (χ0v) is 9.13. The summed E-state index contributed by atoms with van der Waals surface area (Å²) in [6.07, 6.45) is 1.90. The van der Waals surface area contributed by atoms with Crippen molar-refractivity contribution in [3.8, 4) is 5.75 Å². The molecule has 1 saturated heterocycles. The quantitative estimate of drug-likeness (QED) is 0.623. The maximum absolute atomic E-state index is 12.0. The van der Waals surface area contributed by atoms with Crippen molar-refractivity contribution in [1.82, 2.24) is 4.90 Å². The smallest absolute Gasteiger partial charge is 0.273 e. The molecule has 0 unspecified atom stereocenters. The van der Waals surface area contributed by atoms with Gasteiger partial charge in [0.05, 0.1) is 16.6 Å². The van der Waals surface area contributed by atoms with E-state index in [0.29, 0.717) is 13.1 Å². The zero-order chi connectivity index (χ0) is 12.4. The van der Waals surface area contributed by atoms with Gasteiger partial charge in [-0.3, -0.25) is 14.9 Å². The standard InChI is InChI=1S/C11H12N2O4/c14-10-6-8(5-9(7-10)13(16)17)11(15)12-3-1-2-4-12/h5-7,14H,1-4H2. The van der Waals surface area contributed by atoms with Crippen LogP contribution in [0.2, 0.25) is 0 Å². The Morgan fingerprint density at radius 2 is 1.94 bits per heavy atom. The number of hydrogen-bond donors (Lipinski definition) is 1. The van der Waals surface area contributed by atoms with E-state index in [1.165, 1.54) is 12.1 Å². The molecule has 1 fully saturated rings. The first-order chi connectivity index (χ1) is 8.08. The summed E-state index contributed by atoms with van der Waals surface area (Å²) < 4.78 is 0. The van der Waals surface area contributed by atoms with E-state index in [0.717, 1.165) is 18.9 Å². The van der Waals surface area contributed by atoms with Crippen molar-refractivity contribution >= 4 is 11.6 Å². The second-order valence-corrected chi connectivity index (χ2v) is 3.99. The first kappa shape index (κ1) is 11.4. The molecular formula is C11H12N2O4. The number of phenols is 1. The summed E-state index contributed by atoms with van der Waals surface area (Å²) in [5.74, 6) is -0.525. The maximum atomic E-state index is 12.0. The van der Waals surface area contributed by atoms with Crippen LogP contribution in [0.4, 0.5) is 5.69 Å². The molecule has 1 aliphatic rings. The number of non-ortho nitro benzene ring substituents is 1. The molecule has 1 aromatic rings. The summed E-state index contributed by atoms with van der Waals surface area (Å²) in [7, 11) is 0. The molecule has 1 aliphatic heterocycles. The molecule has 0 atom stereocenters. The lowest BCUT2D eigenvalue weighted by Gasteiger charge is -2.14. The summed E-state index contributed by atoms with van der Waals surface area (Å²) in [6, 6.07) is 3.48. The van der Waals surface area contributed by atoms with Crippen molar-refractivity contribution < 1.29 is 14.8 Å². The molecule has 0 radical (unpaired) electrons. The number of nitro benzene ring substituents is 1. The highest BCUT2D eigenvalue weighted by Gasteiger charge is 2.22. The molecule has 0 spiro atoms. The number of benzene rings is 1. The number of nitro groups is 1. The number of carbonyl (C=O) groups is 1. The molecule has 6 heteroatoms. The number of likely N-dealkylation sites (tertiary alicyclic amines) is 1. The second-order valence-electron chi connectivity index (χ2n) is 3.99. The molecule has 0 bridgehead atoms. The minimum absolute atomic E-state index is 0.165. The Morgan fingerprint density at radius 1 is 1.29 bits per heavy atom. The molecule has 1 N–H and O–H groups in total. The number of phenolic OH excluding ortho intramolecular Hbond substituents is 1. The van der Waals surface area contributed by atoms with Crippen LogP contribution in [0.1, 0.15) is 23.2 Å². The maximum Gasteiger partial charge on any atom is 0.273 e. The normalized spacial score (nSPS) is 14.9. The Bertz CT molecular complexity index is 467. The molecule has 1 heterocycles. The number of aromatic hydroxyl groups is 1. The van der Waals surface area contributed by atoms with E-state index in [-0.39, 0.29) is 22.9 Å². The Balaban J connectivity index is 2.31. The summed E-state index contributed by atoms with van der Waals surface area (Å²) >= 11 is 0. The minimum Gasteiger partial charge on any atom is -0.508 e. The average Bonchev–Trinajstić information content (AvgIpc) is 2.80. The van der Waals surface area contributed by atoms with Crippen LogP contribution in [-0.2, 0) is 0 Å². The summed E-state index contributed by atoms with van der Waals surface area (Å²) in [5, 5.41) is 20.0. The largest absolute Gasteiger partial charge is 0.508 e. The lowest BCUT2D eigenvalue weighted by atomic mass is 10.1. The SMILES string of the molecule is O=C(c1cc(O)cc([N+](=O)[O-])c1)N1CCCC1. The Hall–Kier alpha value is -2.11. The number of carbonyl (C=O) groups excluding carboxylic acids is 1. The van der Waals surface area contributed by atoms with Gasteiger partial charge in [0, 0.05) is 19.2 Å². The predicted molar refractivity (Wildman–Crippen MR) is 59.9 cm³/mol. The Morgan fingerprint density at radius 3 is 2.53 bits per heavy atom. The zero-order valence-electron chi connectivity index (χ0n) is 9.13. The average molecular weight is 236 g/mol. The van der Waals surface area contributed by atoms with Gasteiger partial charge in [0.15, 0.2) is 0 Å². The molecule has 1 amide bonds. The van der Waals surface area contributed by atoms with Crippen molar-refractivity contribution in [3.05, 3.63) is 33.9 Å². The molecule has 1 aromatic carbocycles. The number of hydrogen-bond acceptors (Lipinski definition) is 4. The van der Waals surface area contributed by atoms with Gasteiger partial charge in [0.25, 0.3) is 11.6 Å². The third kappa shape index (κ3) is 2.35. The lowest BCUT2D eigenvalue weighted by molar-refractivity contribution is -0.385. The van der Waals surface area contributed by atoms with Crippen molar-refractivity contribution in [3.63, 3.8) is 0 Å². The highest BCUT2D eigenvalue weighted by atomic mass is 16.6. The molecule has 17 heavy (non-hydrogen) atoms. The summed E-state index contributed by atoms with van der Waals surface area (Å²) in [5.41, 5.74) is -0.105. The molecule has 0 aromatic heterocycles. The van der Waals surface area contributed by atoms with E-state index >= 15 is 0 Å². The third-order valence-corrected chi connectivity index (χ3v) is 2.75. The first-order valence-corrected chi connectivity index (χ1v) is 5.35. The van der Waals surface area contributed by atoms with Crippen LogP contribution in [0.3, 0.4) is 0 Å². The van der Waals surface area contributed by atoms with Crippen molar-refractivity contribution in [2.45, 2.75) is 12.8 Å². The fourth-order valence-corrected chi connectivity index (χ4v) is 1.93. The molecule has 0 saturated carbocycles. The van der Waals surface area contributed by atoms with E-state index in [2.05, 4.69) is 0 Å². The van der Waals surface area contributed by atoms with Gasteiger partial charge in [-0.1, -0.05) is 0 Å². The topological polar surface area (TPSA) is 83.7 Å². The minimum atomic E-state index is -0.625. The van der Waals surface area contributed by atoms with Gasteiger partial charge in [-0.15, -0.1) is 0 Å². The molecule has 2 rings (SSSR count). The van der Waals surface area contributed by atoms with Crippen molar-refractivity contribution in [1.29, 1.82) is 0 Å². The first-order valence-electron chi connectivity index (χ1n) is 5.35. The van der Waals surface area contributed by atoms with Crippen LogP contribution in [-0.4, -0.2) is 33.9 Å². The van der Waals surface area contributed by atoms with Crippen LogP contribution >= 0.6 is 0 Å². The number of rotatable bonds is 2. The van der Waals surface area contributed by atoms with Crippen molar-refractivity contribution in [2.24, 2.45) is 0 Å². The van der Waals surface area contributed by atoms with Gasteiger partial charge in [-0.2, -0.15) is 0 Å². The Labute approximate surface area is 97.6 Å². The van der Waals surface area contributed by atoms with E-state index < -0.39 is 4.92 Å². The summed E-state index contributed by atoms with van der Waals surface area (Å²) in [4.78, 5) is 23.6. The lowest BCUT2D eigenvalue weighted by Crippen LogP contribution is -2.27. The van der Waals surface area contributed by atoms with Crippen molar-refractivity contribution in [2.75, 3.05) is 13.1 Å². The van der Waals surface area contributed by atoms with Gasteiger partial charge in [-0.05, 0) is 18.9 Å². The monoisotopic (exact) mass is 236 g/mol. The fraction of sp³-hybridized carbons (Fsp3) is 0.364. The van der Waals surface area contributed by atoms with Gasteiger partial charge in [-0.25, -0.2) is 0 Å². The Kier molecular flexibility index (Phi) is 2.95. The molecule has 6 nitrogen and oxygen atoms in total. The van der Waals surface area contributed by atoms with E-state index in [4.69, 9.17) is 0 Å². The molecule has 90 valence electrons. The van der Waals surface area contributed by atoms with Gasteiger partial charge < -0.3 is 10.0 Å². The van der Waals surface area contributed by atoms with Crippen LogP contribution in [0.25, 0.3) is 0 Å². The van der Waals surface area contributed by atoms with E-state index in [1.807, 2.05) is 0 Å². The highest BCUT2D eigenvalue weighted by molar-refractivity contribution is 5.95. The van der Waals surface area contributed by atoms with E-state index in [1.54, 1.807) is 4.90 Å².